The van der Waals surface area contributed by atoms with Crippen molar-refractivity contribution in [3.8, 4) is 0 Å². The summed E-state index contributed by atoms with van der Waals surface area (Å²) in [6.07, 6.45) is 12.9. The van der Waals surface area contributed by atoms with Gasteiger partial charge < -0.3 is 10.2 Å². The molecule has 2 N–H and O–H groups in total. The van der Waals surface area contributed by atoms with Crippen LogP contribution in [0.5, 0.6) is 0 Å². The Hall–Kier alpha value is -0.150. The van der Waals surface area contributed by atoms with Crippen LogP contribution in [0.25, 0.3) is 0 Å². The molecule has 9 heteroatoms. The monoisotopic (exact) mass is 448 g/mol. The minimum atomic E-state index is -3.27. The summed E-state index contributed by atoms with van der Waals surface area (Å²) in [6, 6.07) is 0. The van der Waals surface area contributed by atoms with Crippen LogP contribution in [0.15, 0.2) is 0 Å². The molecule has 0 rings (SSSR count). The van der Waals surface area contributed by atoms with Gasteiger partial charge in [-0.2, -0.15) is 8.42 Å². The fourth-order valence-corrected chi connectivity index (χ4v) is 3.45. The van der Waals surface area contributed by atoms with Crippen LogP contribution in [0.1, 0.15) is 104 Å². The zero-order chi connectivity index (χ0) is 21.7. The molecule has 0 heterocycles. The van der Waals surface area contributed by atoms with Crippen molar-refractivity contribution in [1.82, 2.24) is 0 Å². The molecule has 0 bridgehead atoms. The van der Waals surface area contributed by atoms with Crippen LogP contribution in [-0.2, 0) is 23.9 Å². The van der Waals surface area contributed by atoms with Gasteiger partial charge in [-0.15, -0.1) is 0 Å². The zero-order valence-corrected chi connectivity index (χ0v) is 18.5. The van der Waals surface area contributed by atoms with Gasteiger partial charge in [0.1, 0.15) is 0 Å². The van der Waals surface area contributed by atoms with Crippen molar-refractivity contribution in [2.24, 2.45) is 0 Å². The first-order valence-corrected chi connectivity index (χ1v) is 12.1. The van der Waals surface area contributed by atoms with Crippen molar-refractivity contribution in [2.75, 3.05) is 12.4 Å². The molecule has 0 saturated heterocycles. The number of carbonyl (C=O) groups is 2. The summed E-state index contributed by atoms with van der Waals surface area (Å²) in [5.41, 5.74) is 0. The molecule has 0 aliphatic carbocycles. The Morgan fingerprint density at radius 1 is 0.690 bits per heavy atom. The zero-order valence-electron chi connectivity index (χ0n) is 17.7. The van der Waals surface area contributed by atoms with E-state index in [0.717, 1.165) is 32.1 Å². The van der Waals surface area contributed by atoms with Crippen LogP contribution >= 0.6 is 0 Å². The van der Waals surface area contributed by atoms with Crippen LogP contribution < -0.4 is 0 Å². The van der Waals surface area contributed by atoms with Crippen molar-refractivity contribution < 1.29 is 32.4 Å². The summed E-state index contributed by atoms with van der Waals surface area (Å²) in [4.78, 5) is 19.3. The first-order valence-electron chi connectivity index (χ1n) is 10.6. The molecule has 0 aromatic carbocycles. The van der Waals surface area contributed by atoms with E-state index in [4.69, 9.17) is 14.4 Å². The molecule has 0 amide bonds. The standard InChI is InChI=1S/C16H34O3S.C4H6O4.Na.H/c1-3-5-7-9-11-13-15-19-20(17,18)16-14-12-10-8-6-4-2;5-3(6)1-2-4(7)8;;/h3-16H2,1-2H3;1-2H2,(H,5,6)(H,7,8);;. The average molecular weight is 449 g/mol. The van der Waals surface area contributed by atoms with E-state index in [-0.39, 0.29) is 48.2 Å². The van der Waals surface area contributed by atoms with Crippen molar-refractivity contribution in [3.05, 3.63) is 0 Å². The van der Waals surface area contributed by atoms with Gasteiger partial charge in [-0.3, -0.25) is 13.8 Å². The molecule has 0 saturated carbocycles. The molecule has 0 aliphatic heterocycles. The van der Waals surface area contributed by atoms with E-state index >= 15 is 0 Å². The number of unbranched alkanes of at least 4 members (excludes halogenated alkanes) is 10. The molecule has 0 aromatic heterocycles. The molecule has 0 aromatic rings. The van der Waals surface area contributed by atoms with Crippen molar-refractivity contribution in [1.29, 1.82) is 0 Å². The van der Waals surface area contributed by atoms with Gasteiger partial charge in [0, 0.05) is 0 Å². The van der Waals surface area contributed by atoms with E-state index < -0.39 is 22.1 Å². The molecular weight excluding hydrogens is 407 g/mol. The fraction of sp³-hybridized carbons (Fsp3) is 0.900. The summed E-state index contributed by atoms with van der Waals surface area (Å²) in [5, 5.41) is 15.8. The molecule has 7 nitrogen and oxygen atoms in total. The third-order valence-corrected chi connectivity index (χ3v) is 5.38. The molecule has 0 fully saturated rings. The van der Waals surface area contributed by atoms with E-state index in [9.17, 15) is 18.0 Å². The van der Waals surface area contributed by atoms with Crippen LogP contribution in [0, 0.1) is 0 Å². The van der Waals surface area contributed by atoms with Crippen molar-refractivity contribution in [2.45, 2.75) is 104 Å². The number of aliphatic carboxylic acids is 2. The summed E-state index contributed by atoms with van der Waals surface area (Å²) >= 11 is 0. The minimum absolute atomic E-state index is 0. The van der Waals surface area contributed by atoms with E-state index in [0.29, 0.717) is 6.61 Å². The molecule has 29 heavy (non-hydrogen) atoms. The summed E-state index contributed by atoms with van der Waals surface area (Å²) in [5.74, 6) is -1.96. The van der Waals surface area contributed by atoms with E-state index in [1.54, 1.807) is 0 Å². The normalized spacial score (nSPS) is 10.6. The van der Waals surface area contributed by atoms with Gasteiger partial charge in [-0.1, -0.05) is 78.1 Å². The Labute approximate surface area is 199 Å². The molecule has 0 atom stereocenters. The number of hydrogen-bond acceptors (Lipinski definition) is 5. The van der Waals surface area contributed by atoms with Crippen LogP contribution in [-0.4, -0.2) is 72.5 Å². The second kappa shape index (κ2) is 24.1. The Kier molecular flexibility index (Phi) is 27.9. The van der Waals surface area contributed by atoms with Crippen LogP contribution in [0.2, 0.25) is 0 Å². The molecular formula is C20H41NaO7S. The van der Waals surface area contributed by atoms with Gasteiger partial charge in [0.25, 0.3) is 10.1 Å². The molecule has 0 aliphatic rings. The van der Waals surface area contributed by atoms with Gasteiger partial charge in [-0.05, 0) is 12.8 Å². The molecule has 170 valence electrons. The third-order valence-electron chi connectivity index (χ3n) is 4.06. The number of rotatable bonds is 18. The summed E-state index contributed by atoms with van der Waals surface area (Å²) in [6.45, 7) is 4.74. The second-order valence-electron chi connectivity index (χ2n) is 6.91. The van der Waals surface area contributed by atoms with Crippen molar-refractivity contribution in [3.63, 3.8) is 0 Å². The van der Waals surface area contributed by atoms with Crippen LogP contribution in [0.4, 0.5) is 0 Å². The predicted molar refractivity (Wildman–Crippen MR) is 118 cm³/mol. The predicted octanol–water partition coefficient (Wildman–Crippen LogP) is 4.34. The molecule has 0 radical (unpaired) electrons. The summed E-state index contributed by atoms with van der Waals surface area (Å²) < 4.78 is 28.3. The Morgan fingerprint density at radius 2 is 1.07 bits per heavy atom. The van der Waals surface area contributed by atoms with Gasteiger partial charge in [0.2, 0.25) is 0 Å². The van der Waals surface area contributed by atoms with E-state index in [2.05, 4.69) is 13.8 Å². The molecule has 0 unspecified atom stereocenters. The topological polar surface area (TPSA) is 118 Å². The number of carboxylic acid groups (broad SMARTS) is 2. The number of hydrogen-bond donors (Lipinski definition) is 2. The third kappa shape index (κ3) is 32.7. The Bertz CT molecular complexity index is 467. The second-order valence-corrected chi connectivity index (χ2v) is 8.67. The maximum atomic E-state index is 11.6. The van der Waals surface area contributed by atoms with Gasteiger partial charge >= 0.3 is 41.5 Å². The maximum absolute atomic E-state index is 11.6. The van der Waals surface area contributed by atoms with E-state index in [1.165, 1.54) is 44.9 Å². The summed E-state index contributed by atoms with van der Waals surface area (Å²) in [7, 11) is -3.27. The van der Waals surface area contributed by atoms with Crippen LogP contribution in [0.3, 0.4) is 0 Å². The Balaban J connectivity index is -0.000000636. The quantitative estimate of drug-likeness (QED) is 0.182. The van der Waals surface area contributed by atoms with Gasteiger partial charge in [0.05, 0.1) is 25.2 Å². The first kappa shape index (κ1) is 33.5. The van der Waals surface area contributed by atoms with Gasteiger partial charge in [-0.25, -0.2) is 0 Å². The van der Waals surface area contributed by atoms with E-state index in [1.807, 2.05) is 0 Å². The van der Waals surface area contributed by atoms with Crippen molar-refractivity contribution >= 4 is 51.6 Å². The van der Waals surface area contributed by atoms with Gasteiger partial charge in [0.15, 0.2) is 0 Å². The number of carboxylic acids is 2. The fourth-order valence-electron chi connectivity index (χ4n) is 2.40. The average Bonchev–Trinajstić information content (AvgIpc) is 2.62. The first-order chi connectivity index (χ1) is 13.2. The molecule has 0 spiro atoms. The Morgan fingerprint density at radius 3 is 1.48 bits per heavy atom. The SMILES string of the molecule is CCCCCCCCOS(=O)(=O)CCCCCCCC.O=C(O)CCC(=O)O.[NaH].